The molecule has 0 saturated heterocycles. The predicted molar refractivity (Wildman–Crippen MR) is 76.3 cm³/mol. The number of hydrogen-bond donors (Lipinski definition) is 1. The average Bonchev–Trinajstić information content (AvgIpc) is 3.22. The van der Waals surface area contributed by atoms with Crippen LogP contribution in [0.4, 0.5) is 22.0 Å². The minimum Gasteiger partial charge on any atom is -0.414 e. The van der Waals surface area contributed by atoms with Crippen molar-refractivity contribution in [2.24, 2.45) is 0 Å². The van der Waals surface area contributed by atoms with E-state index in [0.29, 0.717) is 11.6 Å². The van der Waals surface area contributed by atoms with Crippen LogP contribution >= 0.6 is 0 Å². The Morgan fingerprint density at radius 2 is 2.08 bits per heavy atom. The lowest BCUT2D eigenvalue weighted by Crippen LogP contribution is -2.24. The summed E-state index contributed by atoms with van der Waals surface area (Å²) in [6.07, 6.45) is 2.96. The number of rotatable bonds is 6. The summed E-state index contributed by atoms with van der Waals surface area (Å²) in [5.41, 5.74) is 0.184. The van der Waals surface area contributed by atoms with Gasteiger partial charge in [-0.25, -0.2) is 28.1 Å². The van der Waals surface area contributed by atoms with Crippen LogP contribution < -0.4 is 10.1 Å². The van der Waals surface area contributed by atoms with Crippen LogP contribution in [0, 0.1) is 5.82 Å². The number of halogens is 5. The Hall–Kier alpha value is -2.85. The van der Waals surface area contributed by atoms with Crippen molar-refractivity contribution in [2.75, 3.05) is 0 Å². The number of nitrogens with one attached hydrogen (secondary N) is 1. The molecule has 1 N–H and O–H groups in total. The molecular formula is C15H11F5N4O2. The molecule has 0 aliphatic heterocycles. The lowest BCUT2D eigenvalue weighted by atomic mass is 10.1. The molecule has 1 aliphatic carbocycles. The van der Waals surface area contributed by atoms with Crippen molar-refractivity contribution in [1.29, 1.82) is 0 Å². The van der Waals surface area contributed by atoms with Gasteiger partial charge in [0.15, 0.2) is 5.82 Å². The van der Waals surface area contributed by atoms with Crippen molar-refractivity contribution in [3.8, 4) is 5.88 Å². The minimum atomic E-state index is -3.26. The summed E-state index contributed by atoms with van der Waals surface area (Å²) in [5.74, 6) is -6.81. The number of hydrogen-bond acceptors (Lipinski definition) is 5. The van der Waals surface area contributed by atoms with Crippen molar-refractivity contribution in [2.45, 2.75) is 31.4 Å². The second-order valence-corrected chi connectivity index (χ2v) is 5.52. The number of carbonyl (C=O) groups is 1. The Labute approximate surface area is 143 Å². The molecule has 0 bridgehead atoms. The Morgan fingerprint density at radius 3 is 2.69 bits per heavy atom. The van der Waals surface area contributed by atoms with E-state index in [9.17, 15) is 26.7 Å². The molecule has 1 unspecified atom stereocenters. The fraction of sp³-hybridized carbons (Fsp3) is 0.333. The Bertz CT molecular complexity index is 833. The summed E-state index contributed by atoms with van der Waals surface area (Å²) >= 11 is 0. The fourth-order valence-electron chi connectivity index (χ4n) is 2.33. The summed E-state index contributed by atoms with van der Waals surface area (Å²) in [6, 6.07) is 0.678. The highest BCUT2D eigenvalue weighted by molar-refractivity contribution is 5.93. The van der Waals surface area contributed by atoms with Crippen LogP contribution in [0.1, 0.15) is 34.0 Å². The van der Waals surface area contributed by atoms with Gasteiger partial charge in [0, 0.05) is 30.9 Å². The summed E-state index contributed by atoms with van der Waals surface area (Å²) < 4.78 is 68.0. The molecule has 0 spiro atoms. The van der Waals surface area contributed by atoms with Gasteiger partial charge in [-0.05, 0) is 6.07 Å². The lowest BCUT2D eigenvalue weighted by molar-refractivity contribution is -0.0553. The lowest BCUT2D eigenvalue weighted by Gasteiger charge is -2.10. The topological polar surface area (TPSA) is 77.0 Å². The van der Waals surface area contributed by atoms with Crippen molar-refractivity contribution >= 4 is 5.91 Å². The summed E-state index contributed by atoms with van der Waals surface area (Å²) in [5, 5.41) is 2.39. The Morgan fingerprint density at radius 1 is 1.35 bits per heavy atom. The zero-order valence-electron chi connectivity index (χ0n) is 12.9. The monoisotopic (exact) mass is 374 g/mol. The molecule has 1 atom stereocenters. The molecular weight excluding hydrogens is 363 g/mol. The molecule has 1 amide bonds. The molecule has 2 heterocycles. The van der Waals surface area contributed by atoms with E-state index in [2.05, 4.69) is 25.0 Å². The van der Waals surface area contributed by atoms with Gasteiger partial charge in [-0.15, -0.1) is 0 Å². The third-order valence-electron chi connectivity index (χ3n) is 3.69. The van der Waals surface area contributed by atoms with Crippen LogP contribution in [0.3, 0.4) is 0 Å². The van der Waals surface area contributed by atoms with E-state index in [1.54, 1.807) is 0 Å². The van der Waals surface area contributed by atoms with Crippen LogP contribution in [0.25, 0.3) is 0 Å². The zero-order chi connectivity index (χ0) is 18.9. The number of alkyl halides is 4. The van der Waals surface area contributed by atoms with Crippen molar-refractivity contribution in [3.63, 3.8) is 0 Å². The van der Waals surface area contributed by atoms with Gasteiger partial charge in [0.25, 0.3) is 17.7 Å². The molecule has 0 radical (unpaired) electrons. The van der Waals surface area contributed by atoms with E-state index in [0.717, 1.165) is 12.5 Å². The van der Waals surface area contributed by atoms with Crippen molar-refractivity contribution < 1.29 is 31.5 Å². The minimum absolute atomic E-state index is 0.135. The Kier molecular flexibility index (Phi) is 4.70. The first kappa shape index (κ1) is 18.0. The molecule has 6 nitrogen and oxygen atoms in total. The summed E-state index contributed by atoms with van der Waals surface area (Å²) in [7, 11) is 0. The highest BCUT2D eigenvalue weighted by atomic mass is 19.3. The second kappa shape index (κ2) is 6.81. The van der Waals surface area contributed by atoms with E-state index >= 15 is 0 Å². The smallest absolute Gasteiger partial charge is 0.388 e. The number of carbonyl (C=O) groups excluding carboxylic acids is 1. The predicted octanol–water partition coefficient (Wildman–Crippen LogP) is 2.66. The van der Waals surface area contributed by atoms with E-state index in [1.807, 2.05) is 0 Å². The van der Waals surface area contributed by atoms with E-state index < -0.39 is 36.1 Å². The summed E-state index contributed by atoms with van der Waals surface area (Å²) in [4.78, 5) is 22.9. The largest absolute Gasteiger partial charge is 0.414 e. The second-order valence-electron chi connectivity index (χ2n) is 5.52. The molecule has 26 heavy (non-hydrogen) atoms. The standard InChI is InChI=1S/C15H11F5N4O2/c16-10-1-7(4-23-13(10)26-14(17)18)12(25)22-5-8-3-21-6-24-11(8)9-2-15(9,19)20/h1,3-4,6,9,14H,2,5H2,(H,22,25). The maximum absolute atomic E-state index is 13.6. The first-order valence-electron chi connectivity index (χ1n) is 7.33. The van der Waals surface area contributed by atoms with E-state index in [-0.39, 0.29) is 24.2 Å². The third-order valence-corrected chi connectivity index (χ3v) is 3.69. The Balaban J connectivity index is 1.68. The van der Waals surface area contributed by atoms with E-state index in [1.165, 1.54) is 6.20 Å². The van der Waals surface area contributed by atoms with Crippen molar-refractivity contribution in [3.05, 3.63) is 47.4 Å². The van der Waals surface area contributed by atoms with Gasteiger partial charge in [0.1, 0.15) is 6.33 Å². The van der Waals surface area contributed by atoms with Gasteiger partial charge in [-0.2, -0.15) is 8.78 Å². The number of aromatic nitrogens is 3. The number of pyridine rings is 1. The number of amides is 1. The fourth-order valence-corrected chi connectivity index (χ4v) is 2.33. The van der Waals surface area contributed by atoms with Crippen LogP contribution in [-0.4, -0.2) is 33.4 Å². The maximum Gasteiger partial charge on any atom is 0.388 e. The average molecular weight is 374 g/mol. The normalized spacial score (nSPS) is 17.8. The highest BCUT2D eigenvalue weighted by Gasteiger charge is 2.59. The summed E-state index contributed by atoms with van der Waals surface area (Å²) in [6.45, 7) is -3.42. The first-order valence-corrected chi connectivity index (χ1v) is 7.33. The first-order chi connectivity index (χ1) is 12.3. The van der Waals surface area contributed by atoms with Crippen LogP contribution in [0.5, 0.6) is 5.88 Å². The quantitative estimate of drug-likeness (QED) is 0.787. The van der Waals surface area contributed by atoms with Gasteiger partial charge in [0.05, 0.1) is 17.2 Å². The van der Waals surface area contributed by atoms with Gasteiger partial charge >= 0.3 is 6.61 Å². The van der Waals surface area contributed by atoms with Gasteiger partial charge in [-0.1, -0.05) is 0 Å². The molecule has 2 aromatic heterocycles. The van der Waals surface area contributed by atoms with Gasteiger partial charge in [-0.3, -0.25) is 4.79 Å². The molecule has 3 rings (SSSR count). The molecule has 1 saturated carbocycles. The van der Waals surface area contributed by atoms with Gasteiger partial charge in [0.2, 0.25) is 0 Å². The molecule has 11 heteroatoms. The molecule has 138 valence electrons. The zero-order valence-corrected chi connectivity index (χ0v) is 12.9. The molecule has 1 fully saturated rings. The van der Waals surface area contributed by atoms with Gasteiger partial charge < -0.3 is 10.1 Å². The van der Waals surface area contributed by atoms with Crippen molar-refractivity contribution in [1.82, 2.24) is 20.3 Å². The maximum atomic E-state index is 13.6. The molecule has 2 aromatic rings. The molecule has 1 aliphatic rings. The van der Waals surface area contributed by atoms with Crippen LogP contribution in [-0.2, 0) is 6.54 Å². The number of nitrogens with zero attached hydrogens (tertiary/aromatic N) is 3. The SMILES string of the molecule is O=C(NCc1cncnc1C1CC1(F)F)c1cnc(OC(F)F)c(F)c1. The third kappa shape index (κ3) is 3.86. The number of ether oxygens (including phenoxy) is 1. The molecule has 0 aromatic carbocycles. The van der Waals surface area contributed by atoms with Crippen LogP contribution in [0.2, 0.25) is 0 Å². The van der Waals surface area contributed by atoms with Crippen LogP contribution in [0.15, 0.2) is 24.8 Å². The van der Waals surface area contributed by atoms with E-state index in [4.69, 9.17) is 0 Å². The highest BCUT2D eigenvalue weighted by Crippen LogP contribution is 2.55.